The molecule has 3 rings (SSSR count). The highest BCUT2D eigenvalue weighted by molar-refractivity contribution is 5.99. The van der Waals surface area contributed by atoms with E-state index in [-0.39, 0.29) is 5.91 Å². The number of carbonyl (C=O) groups is 1. The number of amides is 1. The van der Waals surface area contributed by atoms with E-state index in [4.69, 9.17) is 0 Å². The molecule has 108 valence electrons. The van der Waals surface area contributed by atoms with Gasteiger partial charge in [-0.1, -0.05) is 29.9 Å². The van der Waals surface area contributed by atoms with Crippen molar-refractivity contribution in [3.8, 4) is 0 Å². The van der Waals surface area contributed by atoms with Gasteiger partial charge in [0.25, 0.3) is 5.91 Å². The molecule has 1 aromatic carbocycles. The van der Waals surface area contributed by atoms with Crippen LogP contribution in [-0.2, 0) is 11.3 Å². The number of para-hydroxylation sites is 2. The first kappa shape index (κ1) is 13.6. The molecule has 1 aromatic heterocycles. The summed E-state index contributed by atoms with van der Waals surface area (Å²) in [6.45, 7) is 2.81. The van der Waals surface area contributed by atoms with E-state index in [1.54, 1.807) is 6.08 Å². The number of nitrogens with zero attached hydrogens (tertiary/aromatic N) is 2. The number of hydrogen-bond acceptors (Lipinski definition) is 2. The highest BCUT2D eigenvalue weighted by atomic mass is 16.1. The number of imidazole rings is 1. The Bertz CT molecular complexity index is 725. The van der Waals surface area contributed by atoms with Gasteiger partial charge in [0.15, 0.2) is 0 Å². The third-order valence-corrected chi connectivity index (χ3v) is 3.73. The van der Waals surface area contributed by atoms with Crippen molar-refractivity contribution in [2.24, 2.45) is 0 Å². The first-order valence-electron chi connectivity index (χ1n) is 7.41. The Morgan fingerprint density at radius 3 is 3.05 bits per heavy atom. The van der Waals surface area contributed by atoms with E-state index < -0.39 is 0 Å². The molecule has 1 aliphatic rings. The van der Waals surface area contributed by atoms with Gasteiger partial charge >= 0.3 is 0 Å². The summed E-state index contributed by atoms with van der Waals surface area (Å²) in [5, 5.41) is 2.87. The van der Waals surface area contributed by atoms with Crippen molar-refractivity contribution in [2.45, 2.75) is 32.7 Å². The number of allylic oxidation sites excluding steroid dienone is 3. The maximum atomic E-state index is 12.0. The smallest absolute Gasteiger partial charge is 0.250 e. The molecule has 21 heavy (non-hydrogen) atoms. The van der Waals surface area contributed by atoms with E-state index >= 15 is 0 Å². The molecular weight excluding hydrogens is 262 g/mol. The zero-order chi connectivity index (χ0) is 14.7. The Morgan fingerprint density at radius 2 is 2.29 bits per heavy atom. The topological polar surface area (TPSA) is 46.9 Å². The summed E-state index contributed by atoms with van der Waals surface area (Å²) in [6.07, 6.45) is 9.06. The summed E-state index contributed by atoms with van der Waals surface area (Å²) < 4.78 is 2.01. The van der Waals surface area contributed by atoms with Gasteiger partial charge in [-0.15, -0.1) is 0 Å². The summed E-state index contributed by atoms with van der Waals surface area (Å²) in [6, 6.07) is 7.90. The largest absolute Gasteiger partial charge is 0.310 e. The van der Waals surface area contributed by atoms with Gasteiger partial charge in [-0.25, -0.2) is 4.98 Å². The molecule has 0 aliphatic heterocycles. The number of benzene rings is 1. The summed E-state index contributed by atoms with van der Waals surface area (Å²) in [5.74, 6) is 0.474. The van der Waals surface area contributed by atoms with Gasteiger partial charge in [0.1, 0.15) is 0 Å². The number of anilines is 1. The van der Waals surface area contributed by atoms with Crippen LogP contribution in [0, 0.1) is 0 Å². The third kappa shape index (κ3) is 2.89. The highest BCUT2D eigenvalue weighted by Crippen LogP contribution is 2.20. The lowest BCUT2D eigenvalue weighted by molar-refractivity contribution is -0.112. The summed E-state index contributed by atoms with van der Waals surface area (Å²) in [7, 11) is 0. The Kier molecular flexibility index (Phi) is 3.86. The number of aryl methyl sites for hydroxylation is 1. The van der Waals surface area contributed by atoms with Gasteiger partial charge < -0.3 is 4.57 Å². The molecule has 0 unspecified atom stereocenters. The van der Waals surface area contributed by atoms with E-state index in [1.807, 2.05) is 41.8 Å². The van der Waals surface area contributed by atoms with Gasteiger partial charge in [0.2, 0.25) is 5.95 Å². The first-order valence-corrected chi connectivity index (χ1v) is 7.41. The highest BCUT2D eigenvalue weighted by Gasteiger charge is 2.10. The average molecular weight is 281 g/mol. The molecule has 0 fully saturated rings. The molecule has 1 N–H and O–H groups in total. The molecule has 0 radical (unpaired) electrons. The molecule has 0 saturated heterocycles. The van der Waals surface area contributed by atoms with Crippen LogP contribution in [0.2, 0.25) is 0 Å². The van der Waals surface area contributed by atoms with E-state index in [2.05, 4.69) is 16.4 Å². The molecule has 2 aromatic rings. The van der Waals surface area contributed by atoms with Gasteiger partial charge in [0.05, 0.1) is 11.0 Å². The van der Waals surface area contributed by atoms with Crippen LogP contribution < -0.4 is 5.32 Å². The Balaban J connectivity index is 1.79. The van der Waals surface area contributed by atoms with E-state index in [9.17, 15) is 4.79 Å². The number of aromatic nitrogens is 2. The Hall–Kier alpha value is -2.36. The minimum atomic E-state index is -0.132. The second-order valence-corrected chi connectivity index (χ2v) is 5.16. The van der Waals surface area contributed by atoms with Crippen molar-refractivity contribution in [1.29, 1.82) is 0 Å². The number of carbonyl (C=O) groups excluding carboxylic acids is 1. The molecule has 4 heteroatoms. The Labute approximate surface area is 124 Å². The van der Waals surface area contributed by atoms with Crippen LogP contribution in [-0.4, -0.2) is 15.5 Å². The van der Waals surface area contributed by atoms with Gasteiger partial charge in [-0.05, 0) is 38.3 Å². The number of fused-ring (bicyclic) bond motifs is 1. The van der Waals surface area contributed by atoms with Crippen LogP contribution in [0.4, 0.5) is 5.95 Å². The number of hydrogen-bond donors (Lipinski definition) is 1. The van der Waals surface area contributed by atoms with Crippen LogP contribution in [0.3, 0.4) is 0 Å². The summed E-state index contributed by atoms with van der Waals surface area (Å²) in [5.41, 5.74) is 3.18. The molecule has 4 nitrogen and oxygen atoms in total. The second-order valence-electron chi connectivity index (χ2n) is 5.16. The first-order chi connectivity index (χ1) is 10.3. The monoisotopic (exact) mass is 281 g/mol. The standard InChI is InChI=1S/C17H19N3O/c1-2-20-15-10-6-5-9-14(15)18-17(20)19-16(21)12-11-13-7-3-4-8-13/h5-7,9-12H,2-4,8H2,1H3,(H,18,19,21). The minimum Gasteiger partial charge on any atom is -0.310 e. The minimum absolute atomic E-state index is 0.132. The molecule has 1 aliphatic carbocycles. The van der Waals surface area contributed by atoms with Crippen molar-refractivity contribution < 1.29 is 4.79 Å². The van der Waals surface area contributed by atoms with Crippen LogP contribution in [0.25, 0.3) is 11.0 Å². The lowest BCUT2D eigenvalue weighted by Crippen LogP contribution is -2.13. The van der Waals surface area contributed by atoms with Crippen LogP contribution in [0.5, 0.6) is 0 Å². The SMILES string of the molecule is CCn1c(NC(=O)C=CC2=CCCC2)nc2ccccc21. The average Bonchev–Trinajstić information content (AvgIpc) is 3.12. The predicted octanol–water partition coefficient (Wildman–Crippen LogP) is 3.66. The number of rotatable bonds is 4. The van der Waals surface area contributed by atoms with Crippen LogP contribution in [0.15, 0.2) is 48.1 Å². The second kappa shape index (κ2) is 5.95. The van der Waals surface area contributed by atoms with Crippen LogP contribution >= 0.6 is 0 Å². The molecule has 0 spiro atoms. The van der Waals surface area contributed by atoms with Crippen LogP contribution in [0.1, 0.15) is 26.2 Å². The zero-order valence-corrected chi connectivity index (χ0v) is 12.2. The van der Waals surface area contributed by atoms with Crippen molar-refractivity contribution in [3.05, 3.63) is 48.1 Å². The van der Waals surface area contributed by atoms with Crippen molar-refractivity contribution in [1.82, 2.24) is 9.55 Å². The lowest BCUT2D eigenvalue weighted by Gasteiger charge is -2.05. The van der Waals surface area contributed by atoms with E-state index in [0.717, 1.165) is 30.4 Å². The maximum absolute atomic E-state index is 12.0. The van der Waals surface area contributed by atoms with Gasteiger partial charge in [0, 0.05) is 12.6 Å². The molecule has 0 bridgehead atoms. The maximum Gasteiger partial charge on any atom is 0.250 e. The van der Waals surface area contributed by atoms with E-state index in [0.29, 0.717) is 5.95 Å². The Morgan fingerprint density at radius 1 is 1.43 bits per heavy atom. The molecule has 0 saturated carbocycles. The van der Waals surface area contributed by atoms with Gasteiger partial charge in [-0.3, -0.25) is 10.1 Å². The van der Waals surface area contributed by atoms with Gasteiger partial charge in [-0.2, -0.15) is 0 Å². The summed E-state index contributed by atoms with van der Waals surface area (Å²) >= 11 is 0. The fourth-order valence-corrected chi connectivity index (χ4v) is 2.67. The molecule has 1 amide bonds. The third-order valence-electron chi connectivity index (χ3n) is 3.73. The molecule has 0 atom stereocenters. The fraction of sp³-hybridized carbons (Fsp3) is 0.294. The van der Waals surface area contributed by atoms with Crippen molar-refractivity contribution in [2.75, 3.05) is 5.32 Å². The van der Waals surface area contributed by atoms with E-state index in [1.165, 1.54) is 12.0 Å². The predicted molar refractivity (Wildman–Crippen MR) is 85.1 cm³/mol. The fourth-order valence-electron chi connectivity index (χ4n) is 2.67. The number of nitrogens with one attached hydrogen (secondary N) is 1. The zero-order valence-electron chi connectivity index (χ0n) is 12.2. The summed E-state index contributed by atoms with van der Waals surface area (Å²) in [4.78, 5) is 16.5. The quantitative estimate of drug-likeness (QED) is 0.869. The molecule has 1 heterocycles. The normalized spacial score (nSPS) is 14.8. The molecular formula is C17H19N3O. The van der Waals surface area contributed by atoms with Crippen molar-refractivity contribution in [3.63, 3.8) is 0 Å². The lowest BCUT2D eigenvalue weighted by atomic mass is 10.2. The van der Waals surface area contributed by atoms with Crippen molar-refractivity contribution >= 4 is 22.9 Å².